The molecule has 188 valence electrons. The average molecular weight is 492 g/mol. The number of nitrogens with one attached hydrogen (secondary N) is 2. The molecule has 3 aromatic rings. The number of benzene rings is 2. The van der Waals surface area contributed by atoms with Crippen molar-refractivity contribution < 1.29 is 18.8 Å². The number of aryl methyl sites for hydroxylation is 1. The minimum absolute atomic E-state index is 0.0271. The quantitative estimate of drug-likeness (QED) is 0.449. The van der Waals surface area contributed by atoms with Crippen LogP contribution in [0.4, 0.5) is 4.39 Å². The topological polar surface area (TPSA) is 96.3 Å². The van der Waals surface area contributed by atoms with Crippen LogP contribution < -0.4 is 10.6 Å². The first-order valence-electron chi connectivity index (χ1n) is 12.4. The third kappa shape index (κ3) is 4.17. The lowest BCUT2D eigenvalue weighted by Gasteiger charge is -2.36. The molecule has 2 aliphatic rings. The van der Waals surface area contributed by atoms with Gasteiger partial charge >= 0.3 is 0 Å². The fraction of sp³-hybridized carbons (Fsp3) is 0.407. The summed E-state index contributed by atoms with van der Waals surface area (Å²) in [7, 11) is 1.48. The molecule has 9 heteroatoms. The van der Waals surface area contributed by atoms with Gasteiger partial charge in [0.15, 0.2) is 0 Å². The molecule has 0 radical (unpaired) electrons. The molecular weight excluding hydrogens is 461 g/mol. The maximum Gasteiger partial charge on any atom is 0.258 e. The number of amides is 2. The van der Waals surface area contributed by atoms with E-state index in [1.165, 1.54) is 17.5 Å². The number of halogens is 1. The third-order valence-corrected chi connectivity index (χ3v) is 7.47. The van der Waals surface area contributed by atoms with Crippen molar-refractivity contribution in [2.24, 2.45) is 0 Å². The molecule has 1 saturated carbocycles. The smallest absolute Gasteiger partial charge is 0.258 e. The van der Waals surface area contributed by atoms with Crippen LogP contribution in [-0.2, 0) is 22.7 Å². The lowest BCUT2D eigenvalue weighted by Crippen LogP contribution is -2.46. The second kappa shape index (κ2) is 9.81. The minimum atomic E-state index is -0.810. The first kappa shape index (κ1) is 24.1. The van der Waals surface area contributed by atoms with Gasteiger partial charge in [-0.2, -0.15) is 5.10 Å². The Kier molecular flexibility index (Phi) is 6.57. The first-order valence-corrected chi connectivity index (χ1v) is 12.4. The van der Waals surface area contributed by atoms with Gasteiger partial charge in [0.1, 0.15) is 18.1 Å². The molecule has 0 spiro atoms. The zero-order chi connectivity index (χ0) is 25.4. The highest BCUT2D eigenvalue weighted by atomic mass is 19.1. The SMILES string of the molecule is CNC(=O)C(CCC=O)N1Cc2ccc(CNC3CC(n4ncc5cccc(C)c54)C3)c(F)c2C1=O. The number of likely N-dealkylation sites (N-methyl/N-ethyl adjacent to an activating group) is 1. The molecule has 1 atom stereocenters. The van der Waals surface area contributed by atoms with Crippen LogP contribution in [-0.4, -0.2) is 51.9 Å². The molecule has 2 heterocycles. The second-order valence-electron chi connectivity index (χ2n) is 9.68. The molecule has 2 N–H and O–H groups in total. The van der Waals surface area contributed by atoms with E-state index in [0.29, 0.717) is 23.7 Å². The lowest BCUT2D eigenvalue weighted by molar-refractivity contribution is -0.125. The minimum Gasteiger partial charge on any atom is -0.357 e. The molecule has 1 aliphatic carbocycles. The summed E-state index contributed by atoms with van der Waals surface area (Å²) in [5, 5.41) is 11.7. The van der Waals surface area contributed by atoms with Gasteiger partial charge < -0.3 is 20.3 Å². The highest BCUT2D eigenvalue weighted by molar-refractivity contribution is 6.01. The predicted molar refractivity (Wildman–Crippen MR) is 133 cm³/mol. The van der Waals surface area contributed by atoms with Gasteiger partial charge in [-0.3, -0.25) is 14.3 Å². The van der Waals surface area contributed by atoms with Crippen LogP contribution in [0.15, 0.2) is 36.5 Å². The van der Waals surface area contributed by atoms with Gasteiger partial charge in [0.2, 0.25) is 5.91 Å². The summed E-state index contributed by atoms with van der Waals surface area (Å²) < 4.78 is 17.5. The summed E-state index contributed by atoms with van der Waals surface area (Å²) in [4.78, 5) is 37.6. The van der Waals surface area contributed by atoms with E-state index in [-0.39, 0.29) is 36.9 Å². The monoisotopic (exact) mass is 491 g/mol. The van der Waals surface area contributed by atoms with E-state index in [1.54, 1.807) is 12.1 Å². The molecular formula is C27H30FN5O3. The number of aromatic nitrogens is 2. The summed E-state index contributed by atoms with van der Waals surface area (Å²) in [6, 6.07) is 9.39. The number of hydrogen-bond acceptors (Lipinski definition) is 5. The lowest BCUT2D eigenvalue weighted by atomic mass is 9.86. The van der Waals surface area contributed by atoms with E-state index in [1.807, 2.05) is 12.3 Å². The third-order valence-electron chi connectivity index (χ3n) is 7.47. The molecule has 0 bridgehead atoms. The highest BCUT2D eigenvalue weighted by Gasteiger charge is 2.38. The van der Waals surface area contributed by atoms with Crippen LogP contribution in [0.3, 0.4) is 0 Å². The summed E-state index contributed by atoms with van der Waals surface area (Å²) in [6.45, 7) is 2.55. The van der Waals surface area contributed by atoms with Gasteiger partial charge in [0, 0.05) is 43.5 Å². The van der Waals surface area contributed by atoms with E-state index in [2.05, 4.69) is 39.5 Å². The van der Waals surface area contributed by atoms with Crippen molar-refractivity contribution in [2.45, 2.75) is 63.8 Å². The van der Waals surface area contributed by atoms with Crippen LogP contribution >= 0.6 is 0 Å². The fourth-order valence-corrected chi connectivity index (χ4v) is 5.40. The number of carbonyl (C=O) groups excluding carboxylic acids is 3. The van der Waals surface area contributed by atoms with Crippen LogP contribution in [0.2, 0.25) is 0 Å². The predicted octanol–water partition coefficient (Wildman–Crippen LogP) is 3.03. The van der Waals surface area contributed by atoms with Crippen LogP contribution in [0, 0.1) is 12.7 Å². The van der Waals surface area contributed by atoms with Gasteiger partial charge in [-0.1, -0.05) is 30.3 Å². The number of nitrogens with zero attached hydrogens (tertiary/aromatic N) is 3. The van der Waals surface area contributed by atoms with E-state index < -0.39 is 17.8 Å². The second-order valence-corrected chi connectivity index (χ2v) is 9.68. The summed E-state index contributed by atoms with van der Waals surface area (Å²) in [5.41, 5.74) is 3.38. The number of hydrogen-bond donors (Lipinski definition) is 2. The van der Waals surface area contributed by atoms with E-state index in [9.17, 15) is 14.4 Å². The van der Waals surface area contributed by atoms with Gasteiger partial charge in [-0.25, -0.2) is 4.39 Å². The zero-order valence-electron chi connectivity index (χ0n) is 20.5. The Morgan fingerprint density at radius 3 is 2.83 bits per heavy atom. The number of carbonyl (C=O) groups is 3. The Labute approximate surface area is 208 Å². The van der Waals surface area contributed by atoms with Gasteiger partial charge in [-0.15, -0.1) is 0 Å². The Morgan fingerprint density at radius 2 is 2.08 bits per heavy atom. The van der Waals surface area contributed by atoms with Gasteiger partial charge in [0.05, 0.1) is 23.3 Å². The van der Waals surface area contributed by atoms with Crippen molar-refractivity contribution in [2.75, 3.05) is 7.05 Å². The van der Waals surface area contributed by atoms with Crippen LogP contribution in [0.25, 0.3) is 10.9 Å². The molecule has 1 unspecified atom stereocenters. The summed E-state index contributed by atoms with van der Waals surface area (Å²) in [5.74, 6) is -1.41. The molecule has 5 rings (SSSR count). The van der Waals surface area contributed by atoms with Crippen molar-refractivity contribution in [3.05, 3.63) is 64.6 Å². The fourth-order valence-electron chi connectivity index (χ4n) is 5.40. The number of para-hydroxylation sites is 1. The van der Waals surface area contributed by atoms with E-state index in [4.69, 9.17) is 0 Å². The maximum atomic E-state index is 15.4. The highest BCUT2D eigenvalue weighted by Crippen LogP contribution is 2.36. The Hall–Kier alpha value is -3.59. The summed E-state index contributed by atoms with van der Waals surface area (Å²) in [6.07, 6.45) is 4.76. The normalized spacial score (nSPS) is 19.8. The molecule has 0 saturated heterocycles. The Bertz CT molecular complexity index is 1330. The summed E-state index contributed by atoms with van der Waals surface area (Å²) >= 11 is 0. The number of rotatable bonds is 9. The Morgan fingerprint density at radius 1 is 1.28 bits per heavy atom. The van der Waals surface area contributed by atoms with Crippen molar-refractivity contribution >= 4 is 29.0 Å². The van der Waals surface area contributed by atoms with Gasteiger partial charge in [-0.05, 0) is 37.3 Å². The molecule has 1 aromatic heterocycles. The molecule has 1 fully saturated rings. The zero-order valence-corrected chi connectivity index (χ0v) is 20.5. The molecule has 2 amide bonds. The molecule has 2 aromatic carbocycles. The largest absolute Gasteiger partial charge is 0.357 e. The van der Waals surface area contributed by atoms with E-state index in [0.717, 1.165) is 30.0 Å². The standard InChI is InChI=1S/C27H30FN5O3/c1-16-5-3-6-18-14-31-33(25(16)18)21-11-20(12-21)30-13-17-8-9-19-15-32(27(36)23(19)24(17)28)22(7-4-10-34)26(35)29-2/h3,5-6,8-10,14,20-22,30H,4,7,11-13,15H2,1-2H3,(H,29,35). The molecule has 8 nitrogen and oxygen atoms in total. The van der Waals surface area contributed by atoms with Crippen LogP contribution in [0.5, 0.6) is 0 Å². The van der Waals surface area contributed by atoms with Crippen molar-refractivity contribution in [1.29, 1.82) is 0 Å². The Balaban J connectivity index is 1.24. The number of aldehydes is 1. The molecule has 36 heavy (non-hydrogen) atoms. The first-order chi connectivity index (χ1) is 17.4. The number of fused-ring (bicyclic) bond motifs is 2. The van der Waals surface area contributed by atoms with Crippen LogP contribution in [0.1, 0.15) is 58.8 Å². The van der Waals surface area contributed by atoms with Gasteiger partial charge in [0.25, 0.3) is 5.91 Å². The van der Waals surface area contributed by atoms with Crippen molar-refractivity contribution in [1.82, 2.24) is 25.3 Å². The molecule has 1 aliphatic heterocycles. The van der Waals surface area contributed by atoms with E-state index >= 15 is 4.39 Å². The van der Waals surface area contributed by atoms with Crippen molar-refractivity contribution in [3.63, 3.8) is 0 Å². The van der Waals surface area contributed by atoms with Crippen molar-refractivity contribution in [3.8, 4) is 0 Å². The average Bonchev–Trinajstić information content (AvgIpc) is 3.42. The maximum absolute atomic E-state index is 15.4.